The van der Waals surface area contributed by atoms with Crippen LogP contribution in [0.5, 0.6) is 0 Å². The maximum atomic E-state index is 5.83. The minimum Gasteiger partial charge on any atom is -0.381 e. The molecule has 0 aliphatic carbocycles. The van der Waals surface area contributed by atoms with Crippen LogP contribution in [0.2, 0.25) is 0 Å². The molecule has 2 aliphatic heterocycles. The lowest BCUT2D eigenvalue weighted by Gasteiger charge is -2.35. The summed E-state index contributed by atoms with van der Waals surface area (Å²) < 4.78 is 11.3. The summed E-state index contributed by atoms with van der Waals surface area (Å²) in [5.74, 6) is 1.54. The summed E-state index contributed by atoms with van der Waals surface area (Å²) in [6.45, 7) is 10.8. The average Bonchev–Trinajstić information content (AvgIpc) is 3.15. The van der Waals surface area contributed by atoms with Crippen LogP contribution in [0.15, 0.2) is 29.3 Å². The van der Waals surface area contributed by atoms with E-state index in [1.165, 1.54) is 11.1 Å². The number of hydrogen-bond donors (Lipinski definition) is 1. The molecule has 2 aliphatic rings. The van der Waals surface area contributed by atoms with Crippen LogP contribution in [0.1, 0.15) is 31.4 Å². The minimum absolute atomic E-state index is 0.312. The lowest BCUT2D eigenvalue weighted by Crippen LogP contribution is -2.44. The third-order valence-electron chi connectivity index (χ3n) is 5.50. The van der Waals surface area contributed by atoms with Gasteiger partial charge in [0.25, 0.3) is 0 Å². The Balaban J connectivity index is 1.46. The highest BCUT2D eigenvalue weighted by Gasteiger charge is 2.22. The molecular weight excluding hydrogens is 352 g/mol. The first-order valence-electron chi connectivity index (χ1n) is 10.5. The van der Waals surface area contributed by atoms with E-state index in [0.29, 0.717) is 18.1 Å². The van der Waals surface area contributed by atoms with E-state index in [0.717, 1.165) is 58.3 Å². The standard InChI is InChI=1S/C22H36N4O2/c1-17-12-26(13-18(2)28-17)15-20-7-5-19(6-8-20)11-24-22(23-3)25(4)14-21-9-10-27-16-21/h5-8,17-18,21H,9-16H2,1-4H3,(H,23,24). The van der Waals surface area contributed by atoms with Crippen molar-refractivity contribution in [3.8, 4) is 0 Å². The fraction of sp³-hybridized carbons (Fsp3) is 0.682. The van der Waals surface area contributed by atoms with Crippen LogP contribution < -0.4 is 5.32 Å². The highest BCUT2D eigenvalue weighted by Crippen LogP contribution is 2.15. The third kappa shape index (κ3) is 6.19. The van der Waals surface area contributed by atoms with Gasteiger partial charge in [0, 0.05) is 59.3 Å². The number of aliphatic imine (C=N–C) groups is 1. The molecule has 6 heteroatoms. The van der Waals surface area contributed by atoms with Crippen molar-refractivity contribution in [3.05, 3.63) is 35.4 Å². The van der Waals surface area contributed by atoms with E-state index in [-0.39, 0.29) is 0 Å². The fourth-order valence-electron chi connectivity index (χ4n) is 4.20. The van der Waals surface area contributed by atoms with Crippen LogP contribution in [0.25, 0.3) is 0 Å². The van der Waals surface area contributed by atoms with Gasteiger partial charge in [-0.25, -0.2) is 0 Å². The van der Waals surface area contributed by atoms with E-state index < -0.39 is 0 Å². The van der Waals surface area contributed by atoms with Gasteiger partial charge in [-0.05, 0) is 31.4 Å². The van der Waals surface area contributed by atoms with E-state index in [1.54, 1.807) is 0 Å². The smallest absolute Gasteiger partial charge is 0.193 e. The zero-order valence-corrected chi connectivity index (χ0v) is 17.9. The second-order valence-electron chi connectivity index (χ2n) is 8.28. The summed E-state index contributed by atoms with van der Waals surface area (Å²) in [4.78, 5) is 9.11. The molecular formula is C22H36N4O2. The Morgan fingerprint density at radius 1 is 1.18 bits per heavy atom. The van der Waals surface area contributed by atoms with Crippen LogP contribution in [0.4, 0.5) is 0 Å². The third-order valence-corrected chi connectivity index (χ3v) is 5.50. The van der Waals surface area contributed by atoms with Crippen molar-refractivity contribution >= 4 is 5.96 Å². The Kier molecular flexibility index (Phi) is 7.71. The topological polar surface area (TPSA) is 49.3 Å². The number of rotatable bonds is 6. The van der Waals surface area contributed by atoms with Crippen LogP contribution in [0.3, 0.4) is 0 Å². The summed E-state index contributed by atoms with van der Waals surface area (Å²) in [5.41, 5.74) is 2.62. The highest BCUT2D eigenvalue weighted by molar-refractivity contribution is 5.79. The van der Waals surface area contributed by atoms with E-state index in [2.05, 4.69) is 65.3 Å². The van der Waals surface area contributed by atoms with Crippen LogP contribution in [-0.4, -0.2) is 74.9 Å². The van der Waals surface area contributed by atoms with Crippen molar-refractivity contribution < 1.29 is 9.47 Å². The van der Waals surface area contributed by atoms with Gasteiger partial charge in [-0.15, -0.1) is 0 Å². The maximum Gasteiger partial charge on any atom is 0.193 e. The predicted octanol–water partition coefficient (Wildman–Crippen LogP) is 2.34. The first-order valence-corrected chi connectivity index (χ1v) is 10.5. The molecule has 1 aromatic rings. The molecule has 0 bridgehead atoms. The SMILES string of the molecule is CN=C(NCc1ccc(CN2CC(C)OC(C)C2)cc1)N(C)CC1CCOC1. The number of benzene rings is 1. The number of hydrogen-bond acceptors (Lipinski definition) is 4. The summed E-state index contributed by atoms with van der Waals surface area (Å²) in [7, 11) is 3.94. The van der Waals surface area contributed by atoms with Crippen LogP contribution in [-0.2, 0) is 22.6 Å². The second kappa shape index (κ2) is 10.2. The lowest BCUT2D eigenvalue weighted by atomic mass is 10.1. The number of nitrogens with one attached hydrogen (secondary N) is 1. The first kappa shape index (κ1) is 21.1. The van der Waals surface area contributed by atoms with Crippen molar-refractivity contribution in [1.82, 2.24) is 15.1 Å². The van der Waals surface area contributed by atoms with Crippen LogP contribution >= 0.6 is 0 Å². The van der Waals surface area contributed by atoms with Crippen LogP contribution in [0, 0.1) is 5.92 Å². The monoisotopic (exact) mass is 388 g/mol. The maximum absolute atomic E-state index is 5.83. The molecule has 28 heavy (non-hydrogen) atoms. The van der Waals surface area contributed by atoms with Gasteiger partial charge in [-0.1, -0.05) is 24.3 Å². The average molecular weight is 389 g/mol. The molecule has 3 unspecified atom stereocenters. The fourth-order valence-corrected chi connectivity index (χ4v) is 4.20. The van der Waals surface area contributed by atoms with Gasteiger partial charge >= 0.3 is 0 Å². The van der Waals surface area contributed by atoms with Gasteiger partial charge in [0.2, 0.25) is 0 Å². The summed E-state index contributed by atoms with van der Waals surface area (Å²) in [6.07, 6.45) is 1.77. The molecule has 156 valence electrons. The van der Waals surface area contributed by atoms with Crippen molar-refractivity contribution in [2.24, 2.45) is 10.9 Å². The van der Waals surface area contributed by atoms with E-state index in [4.69, 9.17) is 9.47 Å². The Morgan fingerprint density at radius 3 is 2.46 bits per heavy atom. The Morgan fingerprint density at radius 2 is 1.86 bits per heavy atom. The summed E-state index contributed by atoms with van der Waals surface area (Å²) in [5, 5.41) is 3.48. The molecule has 3 rings (SSSR count). The van der Waals surface area contributed by atoms with Gasteiger partial charge in [-0.3, -0.25) is 9.89 Å². The molecule has 1 aromatic carbocycles. The summed E-state index contributed by atoms with van der Waals surface area (Å²) >= 11 is 0. The quantitative estimate of drug-likeness (QED) is 0.599. The molecule has 2 saturated heterocycles. The largest absolute Gasteiger partial charge is 0.381 e. The number of guanidine groups is 1. The van der Waals surface area contributed by atoms with Crippen molar-refractivity contribution in [3.63, 3.8) is 0 Å². The molecule has 2 fully saturated rings. The van der Waals surface area contributed by atoms with E-state index in [9.17, 15) is 0 Å². The normalized spacial score (nSPS) is 26.4. The number of nitrogens with zero attached hydrogens (tertiary/aromatic N) is 3. The Labute approximate surface area is 169 Å². The van der Waals surface area contributed by atoms with Gasteiger partial charge in [0.1, 0.15) is 0 Å². The first-order chi connectivity index (χ1) is 13.5. The summed E-state index contributed by atoms with van der Waals surface area (Å²) in [6, 6.07) is 8.91. The minimum atomic E-state index is 0.312. The molecule has 2 heterocycles. The zero-order valence-electron chi connectivity index (χ0n) is 17.9. The van der Waals surface area contributed by atoms with E-state index >= 15 is 0 Å². The molecule has 1 N–H and O–H groups in total. The van der Waals surface area contributed by atoms with Crippen molar-refractivity contribution in [2.45, 2.75) is 45.6 Å². The van der Waals surface area contributed by atoms with Gasteiger partial charge in [-0.2, -0.15) is 0 Å². The second-order valence-corrected chi connectivity index (χ2v) is 8.28. The molecule has 0 radical (unpaired) electrons. The molecule has 3 atom stereocenters. The number of ether oxygens (including phenoxy) is 2. The van der Waals surface area contributed by atoms with Crippen molar-refractivity contribution in [2.75, 3.05) is 46.9 Å². The molecule has 0 spiro atoms. The molecule has 0 saturated carbocycles. The molecule has 0 amide bonds. The Hall–Kier alpha value is -1.63. The zero-order chi connectivity index (χ0) is 19.9. The van der Waals surface area contributed by atoms with Gasteiger partial charge in [0.15, 0.2) is 5.96 Å². The molecule has 6 nitrogen and oxygen atoms in total. The molecule has 0 aromatic heterocycles. The predicted molar refractivity (Wildman–Crippen MR) is 113 cm³/mol. The van der Waals surface area contributed by atoms with E-state index in [1.807, 2.05) is 7.05 Å². The van der Waals surface area contributed by atoms with Crippen molar-refractivity contribution in [1.29, 1.82) is 0 Å². The van der Waals surface area contributed by atoms with Gasteiger partial charge in [0.05, 0.1) is 18.8 Å². The number of morpholine rings is 1. The Bertz CT molecular complexity index is 618. The highest BCUT2D eigenvalue weighted by atomic mass is 16.5. The lowest BCUT2D eigenvalue weighted by molar-refractivity contribution is -0.0704. The van der Waals surface area contributed by atoms with Gasteiger partial charge < -0.3 is 19.7 Å².